The van der Waals surface area contributed by atoms with Crippen LogP contribution in [0.4, 0.5) is 11.4 Å². The number of ether oxygens (including phenoxy) is 1. The normalized spacial score (nSPS) is 16.9. The average Bonchev–Trinajstić information content (AvgIpc) is 2.35. The number of nitrogens with two attached hydrogens (primary N) is 1. The van der Waals surface area contributed by atoms with Crippen molar-refractivity contribution in [1.29, 1.82) is 0 Å². The number of anilines is 2. The van der Waals surface area contributed by atoms with E-state index in [4.69, 9.17) is 10.5 Å². The molecule has 0 amide bonds. The fraction of sp³-hybridized carbons (Fsp3) is 0.647. The molecule has 118 valence electrons. The van der Waals surface area contributed by atoms with E-state index in [1.54, 1.807) is 0 Å². The van der Waals surface area contributed by atoms with E-state index in [0.29, 0.717) is 0 Å². The molecule has 0 bridgehead atoms. The summed E-state index contributed by atoms with van der Waals surface area (Å²) in [6, 6.07) is 6.03. The van der Waals surface area contributed by atoms with Crippen molar-refractivity contribution in [3.8, 4) is 5.75 Å². The molecule has 4 heteroatoms. The van der Waals surface area contributed by atoms with E-state index in [1.165, 1.54) is 19.3 Å². The minimum Gasteiger partial charge on any atom is -0.489 e. The maximum absolute atomic E-state index is 6.31. The van der Waals surface area contributed by atoms with Crippen molar-refractivity contribution in [3.05, 3.63) is 18.2 Å². The predicted octanol–water partition coefficient (Wildman–Crippen LogP) is 2.98. The van der Waals surface area contributed by atoms with Gasteiger partial charge in [-0.25, -0.2) is 0 Å². The number of para-hydroxylation sites is 1. The number of nitrogens with zero attached hydrogens (tertiary/aromatic N) is 2. The van der Waals surface area contributed by atoms with Gasteiger partial charge in [0.05, 0.1) is 17.5 Å². The van der Waals surface area contributed by atoms with Crippen LogP contribution >= 0.6 is 0 Å². The largest absolute Gasteiger partial charge is 0.489 e. The molecule has 0 saturated heterocycles. The van der Waals surface area contributed by atoms with Crippen LogP contribution in [0.3, 0.4) is 0 Å². The van der Waals surface area contributed by atoms with Crippen LogP contribution in [0.2, 0.25) is 0 Å². The highest BCUT2D eigenvalue weighted by atomic mass is 16.5. The molecule has 1 aromatic rings. The highest BCUT2D eigenvalue weighted by Crippen LogP contribution is 2.39. The van der Waals surface area contributed by atoms with Crippen LogP contribution in [0.25, 0.3) is 0 Å². The first-order valence-electron chi connectivity index (χ1n) is 7.79. The molecule has 0 heterocycles. The third kappa shape index (κ3) is 3.26. The van der Waals surface area contributed by atoms with Crippen LogP contribution < -0.4 is 15.4 Å². The van der Waals surface area contributed by atoms with E-state index >= 15 is 0 Å². The molecular weight excluding hydrogens is 262 g/mol. The van der Waals surface area contributed by atoms with Crippen molar-refractivity contribution in [2.24, 2.45) is 0 Å². The molecule has 0 unspecified atom stereocenters. The van der Waals surface area contributed by atoms with Crippen molar-refractivity contribution >= 4 is 11.4 Å². The summed E-state index contributed by atoms with van der Waals surface area (Å²) in [7, 11) is 6.47. The maximum atomic E-state index is 6.31. The zero-order chi connectivity index (χ0) is 15.6. The second-order valence-electron chi connectivity index (χ2n) is 6.68. The number of rotatable bonds is 6. The number of hydrogen-bond donors (Lipinski definition) is 1. The summed E-state index contributed by atoms with van der Waals surface area (Å²) < 4.78 is 5.79. The molecule has 0 aromatic heterocycles. The Morgan fingerprint density at radius 3 is 2.38 bits per heavy atom. The molecule has 0 atom stereocenters. The summed E-state index contributed by atoms with van der Waals surface area (Å²) in [4.78, 5) is 4.62. The lowest BCUT2D eigenvalue weighted by atomic mass is 9.75. The lowest BCUT2D eigenvalue weighted by molar-refractivity contribution is 0.0683. The molecular formula is C17H29N3O. The summed E-state index contributed by atoms with van der Waals surface area (Å²) in [5, 5.41) is 0. The standard InChI is InChI=1S/C17H29N3O/c1-13(2)21-15-9-6-8-14(16(15)18)20(5)12-17(19(3)4)10-7-11-17/h6,8-9,13H,7,10-12,18H2,1-5H3. The van der Waals surface area contributed by atoms with E-state index in [2.05, 4.69) is 37.0 Å². The number of hydrogen-bond acceptors (Lipinski definition) is 4. The van der Waals surface area contributed by atoms with Crippen LogP contribution in [0, 0.1) is 0 Å². The van der Waals surface area contributed by atoms with E-state index < -0.39 is 0 Å². The molecule has 0 spiro atoms. The fourth-order valence-electron chi connectivity index (χ4n) is 3.08. The second-order valence-corrected chi connectivity index (χ2v) is 6.68. The third-order valence-corrected chi connectivity index (χ3v) is 4.58. The van der Waals surface area contributed by atoms with Gasteiger partial charge in [-0.3, -0.25) is 0 Å². The minimum absolute atomic E-state index is 0.132. The quantitative estimate of drug-likeness (QED) is 0.818. The molecule has 2 rings (SSSR count). The maximum Gasteiger partial charge on any atom is 0.144 e. The summed E-state index contributed by atoms with van der Waals surface area (Å²) in [5.41, 5.74) is 8.39. The first-order chi connectivity index (χ1) is 9.85. The molecule has 1 aromatic carbocycles. The Labute approximate surface area is 128 Å². The molecule has 0 aliphatic heterocycles. The fourth-order valence-corrected chi connectivity index (χ4v) is 3.08. The third-order valence-electron chi connectivity index (χ3n) is 4.58. The zero-order valence-electron chi connectivity index (χ0n) is 14.0. The van der Waals surface area contributed by atoms with Gasteiger partial charge in [-0.1, -0.05) is 6.07 Å². The van der Waals surface area contributed by atoms with Gasteiger partial charge >= 0.3 is 0 Å². The van der Waals surface area contributed by atoms with Crippen molar-refractivity contribution in [2.75, 3.05) is 38.3 Å². The SMILES string of the molecule is CC(C)Oc1cccc(N(C)CC2(N(C)C)CCC2)c1N. The summed E-state index contributed by atoms with van der Waals surface area (Å²) in [5.74, 6) is 0.780. The van der Waals surface area contributed by atoms with E-state index in [0.717, 1.165) is 23.7 Å². The highest BCUT2D eigenvalue weighted by Gasteiger charge is 2.40. The van der Waals surface area contributed by atoms with E-state index in [-0.39, 0.29) is 11.6 Å². The van der Waals surface area contributed by atoms with Crippen molar-refractivity contribution in [2.45, 2.75) is 44.8 Å². The molecule has 1 aliphatic carbocycles. The Kier molecular flexibility index (Phi) is 4.67. The number of benzene rings is 1. The highest BCUT2D eigenvalue weighted by molar-refractivity contribution is 5.74. The minimum atomic E-state index is 0.132. The number of likely N-dealkylation sites (N-methyl/N-ethyl adjacent to an activating group) is 2. The van der Waals surface area contributed by atoms with Crippen LogP contribution in [0.5, 0.6) is 5.75 Å². The van der Waals surface area contributed by atoms with Gasteiger partial charge in [-0.05, 0) is 59.3 Å². The second kappa shape index (κ2) is 6.14. The topological polar surface area (TPSA) is 41.7 Å². The van der Waals surface area contributed by atoms with Crippen LogP contribution in [0.15, 0.2) is 18.2 Å². The summed E-state index contributed by atoms with van der Waals surface area (Å²) in [6.45, 7) is 5.03. The Morgan fingerprint density at radius 2 is 1.90 bits per heavy atom. The first-order valence-corrected chi connectivity index (χ1v) is 7.79. The lowest BCUT2D eigenvalue weighted by Gasteiger charge is -2.49. The van der Waals surface area contributed by atoms with Crippen LogP contribution in [0.1, 0.15) is 33.1 Å². The van der Waals surface area contributed by atoms with Gasteiger partial charge < -0.3 is 20.3 Å². The zero-order valence-corrected chi connectivity index (χ0v) is 14.0. The van der Waals surface area contributed by atoms with Gasteiger partial charge in [0.15, 0.2) is 0 Å². The molecule has 1 saturated carbocycles. The van der Waals surface area contributed by atoms with E-state index in [9.17, 15) is 0 Å². The van der Waals surface area contributed by atoms with Crippen LogP contribution in [-0.4, -0.2) is 44.2 Å². The van der Waals surface area contributed by atoms with Gasteiger partial charge in [0, 0.05) is 19.1 Å². The van der Waals surface area contributed by atoms with Gasteiger partial charge in [-0.2, -0.15) is 0 Å². The molecule has 21 heavy (non-hydrogen) atoms. The lowest BCUT2D eigenvalue weighted by Crippen LogP contribution is -2.56. The predicted molar refractivity (Wildman–Crippen MR) is 90.2 cm³/mol. The van der Waals surface area contributed by atoms with Crippen molar-refractivity contribution in [3.63, 3.8) is 0 Å². The van der Waals surface area contributed by atoms with E-state index in [1.807, 2.05) is 26.0 Å². The summed E-state index contributed by atoms with van der Waals surface area (Å²) >= 11 is 0. The van der Waals surface area contributed by atoms with Gasteiger partial charge in [0.2, 0.25) is 0 Å². The summed E-state index contributed by atoms with van der Waals surface area (Å²) in [6.07, 6.45) is 3.96. The van der Waals surface area contributed by atoms with Gasteiger partial charge in [0.25, 0.3) is 0 Å². The Morgan fingerprint density at radius 1 is 1.24 bits per heavy atom. The molecule has 2 N–H and O–H groups in total. The number of nitrogen functional groups attached to an aromatic ring is 1. The Bertz CT molecular complexity index is 481. The molecule has 0 radical (unpaired) electrons. The van der Waals surface area contributed by atoms with Crippen molar-refractivity contribution < 1.29 is 4.74 Å². The Balaban J connectivity index is 2.17. The average molecular weight is 291 g/mol. The van der Waals surface area contributed by atoms with Crippen molar-refractivity contribution in [1.82, 2.24) is 4.90 Å². The molecule has 1 aliphatic rings. The van der Waals surface area contributed by atoms with Gasteiger partial charge in [-0.15, -0.1) is 0 Å². The first kappa shape index (κ1) is 16.0. The Hall–Kier alpha value is -1.42. The molecule has 4 nitrogen and oxygen atoms in total. The van der Waals surface area contributed by atoms with Gasteiger partial charge in [0.1, 0.15) is 5.75 Å². The van der Waals surface area contributed by atoms with Crippen LogP contribution in [-0.2, 0) is 0 Å². The smallest absolute Gasteiger partial charge is 0.144 e. The monoisotopic (exact) mass is 291 g/mol. The molecule has 1 fully saturated rings.